The van der Waals surface area contributed by atoms with E-state index >= 15 is 0 Å². The van der Waals surface area contributed by atoms with Crippen molar-refractivity contribution in [2.24, 2.45) is 5.73 Å². The molecule has 0 saturated carbocycles. The van der Waals surface area contributed by atoms with Crippen LogP contribution >= 0.6 is 24.8 Å². The lowest BCUT2D eigenvalue weighted by molar-refractivity contribution is -0.119. The zero-order chi connectivity index (χ0) is 16.4. The van der Waals surface area contributed by atoms with E-state index in [0.717, 1.165) is 31.7 Å². The Bertz CT molecular complexity index is 472. The molecule has 0 atom stereocenters. The van der Waals surface area contributed by atoms with Crippen molar-refractivity contribution in [2.45, 2.75) is 20.4 Å². The Hall–Kier alpha value is -1.21. The van der Waals surface area contributed by atoms with Gasteiger partial charge in [0, 0.05) is 25.2 Å². The lowest BCUT2D eigenvalue weighted by Crippen LogP contribution is -2.31. The molecule has 1 rings (SSSR count). The van der Waals surface area contributed by atoms with Gasteiger partial charge < -0.3 is 25.4 Å². The van der Waals surface area contributed by atoms with Crippen molar-refractivity contribution in [1.82, 2.24) is 10.2 Å². The molecule has 1 aromatic carbocycles. The SMILES string of the molecule is CCN(CC)CCNCc1cccc(OC)c1OCC(N)=O.Cl.Cl. The highest BCUT2D eigenvalue weighted by Gasteiger charge is 2.11. The molecular formula is C16H29Cl2N3O3. The number of carbonyl (C=O) groups excluding carboxylic acids is 1. The molecular weight excluding hydrogens is 353 g/mol. The van der Waals surface area contributed by atoms with E-state index in [0.29, 0.717) is 18.0 Å². The van der Waals surface area contributed by atoms with Gasteiger partial charge in [-0.15, -0.1) is 24.8 Å². The number of hydrogen-bond acceptors (Lipinski definition) is 5. The molecule has 8 heteroatoms. The van der Waals surface area contributed by atoms with Gasteiger partial charge >= 0.3 is 0 Å². The van der Waals surface area contributed by atoms with E-state index in [2.05, 4.69) is 24.1 Å². The molecule has 0 unspecified atom stereocenters. The van der Waals surface area contributed by atoms with Crippen molar-refractivity contribution >= 4 is 30.7 Å². The third kappa shape index (κ3) is 8.59. The maximum Gasteiger partial charge on any atom is 0.255 e. The average molecular weight is 382 g/mol. The topological polar surface area (TPSA) is 76.8 Å². The number of halogens is 2. The molecule has 24 heavy (non-hydrogen) atoms. The first-order valence-electron chi connectivity index (χ1n) is 7.62. The Kier molecular flexibility index (Phi) is 14.8. The molecule has 6 nitrogen and oxygen atoms in total. The smallest absolute Gasteiger partial charge is 0.255 e. The maximum absolute atomic E-state index is 10.9. The van der Waals surface area contributed by atoms with Crippen molar-refractivity contribution in [3.05, 3.63) is 23.8 Å². The van der Waals surface area contributed by atoms with Gasteiger partial charge in [-0.1, -0.05) is 26.0 Å². The van der Waals surface area contributed by atoms with Crippen LogP contribution in [0, 0.1) is 0 Å². The molecule has 140 valence electrons. The van der Waals surface area contributed by atoms with Crippen LogP contribution in [0.4, 0.5) is 0 Å². The molecule has 0 heterocycles. The molecule has 0 radical (unpaired) electrons. The van der Waals surface area contributed by atoms with Gasteiger partial charge in [0.15, 0.2) is 18.1 Å². The average Bonchev–Trinajstić information content (AvgIpc) is 2.53. The summed E-state index contributed by atoms with van der Waals surface area (Å²) in [5.74, 6) is 0.662. The van der Waals surface area contributed by atoms with Gasteiger partial charge in [0.2, 0.25) is 0 Å². The van der Waals surface area contributed by atoms with Crippen LogP contribution in [0.5, 0.6) is 11.5 Å². The second-order valence-corrected chi connectivity index (χ2v) is 4.91. The van der Waals surface area contributed by atoms with Crippen molar-refractivity contribution in [3.63, 3.8) is 0 Å². The van der Waals surface area contributed by atoms with E-state index in [4.69, 9.17) is 15.2 Å². The molecule has 0 aliphatic rings. The van der Waals surface area contributed by atoms with Crippen LogP contribution in [0.15, 0.2) is 18.2 Å². The van der Waals surface area contributed by atoms with E-state index in [1.54, 1.807) is 13.2 Å². The van der Waals surface area contributed by atoms with Crippen LogP contribution in [0.2, 0.25) is 0 Å². The summed E-state index contributed by atoms with van der Waals surface area (Å²) in [6, 6.07) is 5.65. The van der Waals surface area contributed by atoms with Gasteiger partial charge in [-0.2, -0.15) is 0 Å². The van der Waals surface area contributed by atoms with Crippen molar-refractivity contribution in [3.8, 4) is 11.5 Å². The first kappa shape index (κ1) is 25.0. The Morgan fingerprint density at radius 2 is 1.92 bits per heavy atom. The number of nitrogens with zero attached hydrogens (tertiary/aromatic N) is 1. The van der Waals surface area contributed by atoms with Crippen LogP contribution in [-0.4, -0.2) is 50.7 Å². The molecule has 0 spiro atoms. The lowest BCUT2D eigenvalue weighted by atomic mass is 10.2. The number of rotatable bonds is 11. The van der Waals surface area contributed by atoms with Crippen LogP contribution < -0.4 is 20.5 Å². The Balaban J connectivity index is 0. The van der Waals surface area contributed by atoms with Crippen LogP contribution in [0.3, 0.4) is 0 Å². The summed E-state index contributed by atoms with van der Waals surface area (Å²) in [4.78, 5) is 13.3. The fraction of sp³-hybridized carbons (Fsp3) is 0.562. The Labute approximate surface area is 156 Å². The van der Waals surface area contributed by atoms with Crippen molar-refractivity contribution in [2.75, 3.05) is 39.9 Å². The summed E-state index contributed by atoms with van der Waals surface area (Å²) in [6.45, 7) is 8.76. The van der Waals surface area contributed by atoms with Crippen molar-refractivity contribution in [1.29, 1.82) is 0 Å². The van der Waals surface area contributed by atoms with Crippen molar-refractivity contribution < 1.29 is 14.3 Å². The molecule has 0 aromatic heterocycles. The number of primary amides is 1. The van der Waals surface area contributed by atoms with E-state index < -0.39 is 5.91 Å². The van der Waals surface area contributed by atoms with Gasteiger partial charge in [-0.05, 0) is 19.2 Å². The Morgan fingerprint density at radius 3 is 2.46 bits per heavy atom. The number of likely N-dealkylation sites (N-methyl/N-ethyl adjacent to an activating group) is 1. The van der Waals surface area contributed by atoms with Gasteiger partial charge in [-0.25, -0.2) is 0 Å². The molecule has 0 saturated heterocycles. The first-order chi connectivity index (χ1) is 10.6. The second kappa shape index (κ2) is 14.2. The largest absolute Gasteiger partial charge is 0.493 e. The number of nitrogens with two attached hydrogens (primary N) is 1. The number of methoxy groups -OCH3 is 1. The number of nitrogens with one attached hydrogen (secondary N) is 1. The number of para-hydroxylation sites is 1. The van der Waals surface area contributed by atoms with Crippen LogP contribution in [-0.2, 0) is 11.3 Å². The molecule has 1 aromatic rings. The monoisotopic (exact) mass is 381 g/mol. The second-order valence-electron chi connectivity index (χ2n) is 4.91. The summed E-state index contributed by atoms with van der Waals surface area (Å²) in [5, 5.41) is 3.39. The normalized spacial score (nSPS) is 9.83. The molecule has 1 amide bonds. The fourth-order valence-electron chi connectivity index (χ4n) is 2.17. The molecule has 3 N–H and O–H groups in total. The quantitative estimate of drug-likeness (QED) is 0.571. The molecule has 0 aliphatic carbocycles. The van der Waals surface area contributed by atoms with Gasteiger partial charge in [0.1, 0.15) is 0 Å². The highest BCUT2D eigenvalue weighted by molar-refractivity contribution is 5.85. The third-order valence-corrected chi connectivity index (χ3v) is 3.45. The van der Waals surface area contributed by atoms with E-state index in [-0.39, 0.29) is 31.4 Å². The summed E-state index contributed by atoms with van der Waals surface area (Å²) in [7, 11) is 1.57. The van der Waals surface area contributed by atoms with Gasteiger partial charge in [0.05, 0.1) is 7.11 Å². The fourth-order valence-corrected chi connectivity index (χ4v) is 2.17. The molecule has 0 bridgehead atoms. The Morgan fingerprint density at radius 1 is 1.25 bits per heavy atom. The zero-order valence-corrected chi connectivity index (χ0v) is 16.2. The molecule has 0 fully saturated rings. The lowest BCUT2D eigenvalue weighted by Gasteiger charge is -2.19. The first-order valence-corrected chi connectivity index (χ1v) is 7.62. The summed E-state index contributed by atoms with van der Waals surface area (Å²) >= 11 is 0. The zero-order valence-electron chi connectivity index (χ0n) is 14.5. The highest BCUT2D eigenvalue weighted by atomic mass is 35.5. The predicted octanol–water partition coefficient (Wildman–Crippen LogP) is 1.83. The standard InChI is InChI=1S/C16H27N3O3.2ClH/c1-4-19(5-2)10-9-18-11-13-7-6-8-14(21-3)16(13)22-12-15(17)20;;/h6-8,18H,4-5,9-12H2,1-3H3,(H2,17,20);2*1H. The minimum atomic E-state index is -0.508. The third-order valence-electron chi connectivity index (χ3n) is 3.45. The van der Waals surface area contributed by atoms with E-state index in [1.165, 1.54) is 0 Å². The van der Waals surface area contributed by atoms with E-state index in [9.17, 15) is 4.79 Å². The minimum Gasteiger partial charge on any atom is -0.493 e. The van der Waals surface area contributed by atoms with Gasteiger partial charge in [0.25, 0.3) is 5.91 Å². The highest BCUT2D eigenvalue weighted by Crippen LogP contribution is 2.30. The summed E-state index contributed by atoms with van der Waals surface area (Å²) < 4.78 is 10.8. The number of amides is 1. The van der Waals surface area contributed by atoms with Crippen LogP contribution in [0.25, 0.3) is 0 Å². The summed E-state index contributed by atoms with van der Waals surface area (Å²) in [6.07, 6.45) is 0. The van der Waals surface area contributed by atoms with Gasteiger partial charge in [-0.3, -0.25) is 4.79 Å². The van der Waals surface area contributed by atoms with E-state index in [1.807, 2.05) is 12.1 Å². The number of carbonyl (C=O) groups is 1. The number of benzene rings is 1. The number of hydrogen-bond donors (Lipinski definition) is 2. The van der Waals surface area contributed by atoms with Crippen LogP contribution in [0.1, 0.15) is 19.4 Å². The maximum atomic E-state index is 10.9. The summed E-state index contributed by atoms with van der Waals surface area (Å²) in [5.41, 5.74) is 6.09. The number of ether oxygens (including phenoxy) is 2. The predicted molar refractivity (Wildman–Crippen MR) is 102 cm³/mol. The molecule has 0 aliphatic heterocycles. The minimum absolute atomic E-state index is 0.